The van der Waals surface area contributed by atoms with Crippen molar-refractivity contribution in [3.63, 3.8) is 0 Å². The molecule has 0 aliphatic rings. The molecule has 0 saturated heterocycles. The van der Waals surface area contributed by atoms with Gasteiger partial charge in [0, 0.05) is 18.0 Å². The van der Waals surface area contributed by atoms with Gasteiger partial charge >= 0.3 is 0 Å². The maximum Gasteiger partial charge on any atom is 0.159 e. The number of hydrogen-bond donors (Lipinski definition) is 0. The third-order valence-electron chi connectivity index (χ3n) is 3.40. The standard InChI is InChI=1S/C18H24N2O/c1-3-5-7-15-13-19-18(20-14-15)16-8-10-17(11-9-16)21-12-6-4-2/h8-11,13-14H,3-7,12H2,1-2H3. The highest BCUT2D eigenvalue weighted by atomic mass is 16.5. The quantitative estimate of drug-likeness (QED) is 0.661. The lowest BCUT2D eigenvalue weighted by Crippen LogP contribution is -1.96. The Balaban J connectivity index is 1.97. The summed E-state index contributed by atoms with van der Waals surface area (Å²) < 4.78 is 5.66. The molecule has 21 heavy (non-hydrogen) atoms. The molecule has 0 radical (unpaired) electrons. The van der Waals surface area contributed by atoms with Crippen molar-refractivity contribution in [1.82, 2.24) is 9.97 Å². The summed E-state index contributed by atoms with van der Waals surface area (Å²) in [6, 6.07) is 8.00. The summed E-state index contributed by atoms with van der Waals surface area (Å²) >= 11 is 0. The Hall–Kier alpha value is -1.90. The average Bonchev–Trinajstić information content (AvgIpc) is 2.54. The largest absolute Gasteiger partial charge is 0.494 e. The van der Waals surface area contributed by atoms with Gasteiger partial charge in [-0.3, -0.25) is 0 Å². The summed E-state index contributed by atoms with van der Waals surface area (Å²) in [5.74, 6) is 1.68. The van der Waals surface area contributed by atoms with Crippen molar-refractivity contribution >= 4 is 0 Å². The fourth-order valence-corrected chi connectivity index (χ4v) is 2.05. The lowest BCUT2D eigenvalue weighted by molar-refractivity contribution is 0.309. The van der Waals surface area contributed by atoms with Crippen LogP contribution in [-0.2, 0) is 6.42 Å². The molecule has 2 aromatic rings. The molecule has 3 nitrogen and oxygen atoms in total. The molecule has 3 heteroatoms. The van der Waals surface area contributed by atoms with Crippen molar-refractivity contribution in [2.75, 3.05) is 6.61 Å². The molecule has 2 rings (SSSR count). The molecule has 0 spiro atoms. The number of aromatic nitrogens is 2. The van der Waals surface area contributed by atoms with E-state index in [0.29, 0.717) is 0 Å². The van der Waals surface area contributed by atoms with Gasteiger partial charge in [-0.25, -0.2) is 9.97 Å². The van der Waals surface area contributed by atoms with Gasteiger partial charge in [0.05, 0.1) is 6.61 Å². The summed E-state index contributed by atoms with van der Waals surface area (Å²) in [5.41, 5.74) is 2.24. The van der Waals surface area contributed by atoms with Crippen LogP contribution < -0.4 is 4.74 Å². The molecule has 0 aliphatic heterocycles. The van der Waals surface area contributed by atoms with E-state index >= 15 is 0 Å². The van der Waals surface area contributed by atoms with Crippen molar-refractivity contribution in [2.45, 2.75) is 46.0 Å². The first-order chi connectivity index (χ1) is 10.3. The Morgan fingerprint density at radius 2 is 1.57 bits per heavy atom. The van der Waals surface area contributed by atoms with Gasteiger partial charge in [-0.2, -0.15) is 0 Å². The van der Waals surface area contributed by atoms with Crippen molar-refractivity contribution in [2.24, 2.45) is 0 Å². The highest BCUT2D eigenvalue weighted by Gasteiger charge is 2.02. The topological polar surface area (TPSA) is 35.0 Å². The van der Waals surface area contributed by atoms with Gasteiger partial charge in [-0.1, -0.05) is 26.7 Å². The Morgan fingerprint density at radius 1 is 0.905 bits per heavy atom. The molecular formula is C18H24N2O. The molecule has 0 atom stereocenters. The van der Waals surface area contributed by atoms with Crippen molar-refractivity contribution in [3.8, 4) is 17.1 Å². The van der Waals surface area contributed by atoms with Gasteiger partial charge in [0.1, 0.15) is 5.75 Å². The number of hydrogen-bond acceptors (Lipinski definition) is 3. The zero-order chi connectivity index (χ0) is 14.9. The zero-order valence-electron chi connectivity index (χ0n) is 13.0. The number of ether oxygens (including phenoxy) is 1. The van der Waals surface area contributed by atoms with Crippen molar-refractivity contribution in [1.29, 1.82) is 0 Å². The highest BCUT2D eigenvalue weighted by molar-refractivity contribution is 5.55. The second-order valence-electron chi connectivity index (χ2n) is 5.24. The molecule has 0 bridgehead atoms. The monoisotopic (exact) mass is 284 g/mol. The minimum Gasteiger partial charge on any atom is -0.494 e. The smallest absolute Gasteiger partial charge is 0.159 e. The Morgan fingerprint density at radius 3 is 2.19 bits per heavy atom. The van der Waals surface area contributed by atoms with Gasteiger partial charge in [-0.05, 0) is 49.1 Å². The van der Waals surface area contributed by atoms with Crippen molar-refractivity contribution < 1.29 is 4.74 Å². The third-order valence-corrected chi connectivity index (χ3v) is 3.40. The summed E-state index contributed by atoms with van der Waals surface area (Å²) in [4.78, 5) is 8.91. The minimum absolute atomic E-state index is 0.773. The number of unbranched alkanes of at least 4 members (excludes halogenated alkanes) is 2. The maximum atomic E-state index is 5.66. The van der Waals surface area contributed by atoms with Crippen molar-refractivity contribution in [3.05, 3.63) is 42.2 Å². The van der Waals surface area contributed by atoms with Crippen LogP contribution in [0.4, 0.5) is 0 Å². The molecule has 1 aromatic carbocycles. The molecule has 0 aliphatic carbocycles. The summed E-state index contributed by atoms with van der Waals surface area (Å²) in [6.45, 7) is 5.13. The second kappa shape index (κ2) is 8.40. The summed E-state index contributed by atoms with van der Waals surface area (Å²) in [7, 11) is 0. The molecule has 112 valence electrons. The number of nitrogens with zero attached hydrogens (tertiary/aromatic N) is 2. The Bertz CT molecular complexity index is 520. The first-order valence-corrected chi connectivity index (χ1v) is 7.87. The molecule has 0 amide bonds. The van der Waals surface area contributed by atoms with Gasteiger partial charge in [0.25, 0.3) is 0 Å². The van der Waals surface area contributed by atoms with Crippen LogP contribution in [0.1, 0.15) is 45.1 Å². The van der Waals surface area contributed by atoms with Crippen LogP contribution in [0.2, 0.25) is 0 Å². The number of aryl methyl sites for hydroxylation is 1. The predicted octanol–water partition coefficient (Wildman–Crippen LogP) is 4.67. The Kier molecular flexibility index (Phi) is 6.20. The van der Waals surface area contributed by atoms with Crippen LogP contribution in [0, 0.1) is 0 Å². The lowest BCUT2D eigenvalue weighted by atomic mass is 10.1. The predicted molar refractivity (Wildman–Crippen MR) is 86.5 cm³/mol. The van der Waals surface area contributed by atoms with Crippen LogP contribution in [-0.4, -0.2) is 16.6 Å². The van der Waals surface area contributed by atoms with Crippen LogP contribution in [0.5, 0.6) is 5.75 Å². The van der Waals surface area contributed by atoms with Gasteiger partial charge < -0.3 is 4.74 Å². The normalized spacial score (nSPS) is 10.6. The van der Waals surface area contributed by atoms with Crippen LogP contribution in [0.15, 0.2) is 36.7 Å². The van der Waals surface area contributed by atoms with Gasteiger partial charge in [-0.15, -0.1) is 0 Å². The third kappa shape index (κ3) is 4.85. The van der Waals surface area contributed by atoms with E-state index in [2.05, 4.69) is 23.8 Å². The van der Waals surface area contributed by atoms with E-state index in [1.54, 1.807) is 0 Å². The van der Waals surface area contributed by atoms with Crippen LogP contribution in [0.3, 0.4) is 0 Å². The molecule has 0 fully saturated rings. The van der Waals surface area contributed by atoms with E-state index < -0.39 is 0 Å². The number of benzene rings is 1. The molecule has 0 unspecified atom stereocenters. The lowest BCUT2D eigenvalue weighted by Gasteiger charge is -2.06. The fourth-order valence-electron chi connectivity index (χ4n) is 2.05. The molecule has 1 heterocycles. The summed E-state index contributed by atoms with van der Waals surface area (Å²) in [5, 5.41) is 0. The summed E-state index contributed by atoms with van der Waals surface area (Å²) in [6.07, 6.45) is 9.54. The molecule has 0 N–H and O–H groups in total. The van der Waals surface area contributed by atoms with E-state index in [1.165, 1.54) is 18.4 Å². The fraction of sp³-hybridized carbons (Fsp3) is 0.444. The van der Waals surface area contributed by atoms with E-state index in [4.69, 9.17) is 4.74 Å². The van der Waals surface area contributed by atoms with E-state index in [9.17, 15) is 0 Å². The van der Waals surface area contributed by atoms with Crippen LogP contribution >= 0.6 is 0 Å². The molecule has 1 aromatic heterocycles. The van der Waals surface area contributed by atoms with Gasteiger partial charge in [0.15, 0.2) is 5.82 Å². The first-order valence-electron chi connectivity index (χ1n) is 7.87. The van der Waals surface area contributed by atoms with E-state index in [-0.39, 0.29) is 0 Å². The SMILES string of the molecule is CCCCOc1ccc(-c2ncc(CCCC)cn2)cc1. The van der Waals surface area contributed by atoms with Crippen LogP contribution in [0.25, 0.3) is 11.4 Å². The Labute approximate surface area is 127 Å². The zero-order valence-corrected chi connectivity index (χ0v) is 13.0. The highest BCUT2D eigenvalue weighted by Crippen LogP contribution is 2.19. The van der Waals surface area contributed by atoms with E-state index in [1.807, 2.05) is 36.7 Å². The number of rotatable bonds is 8. The molecule has 0 saturated carbocycles. The second-order valence-corrected chi connectivity index (χ2v) is 5.24. The average molecular weight is 284 g/mol. The van der Waals surface area contributed by atoms with E-state index in [0.717, 1.165) is 43.0 Å². The molecular weight excluding hydrogens is 260 g/mol. The maximum absolute atomic E-state index is 5.66. The minimum atomic E-state index is 0.773. The van der Waals surface area contributed by atoms with Gasteiger partial charge in [0.2, 0.25) is 0 Å². The first kappa shape index (κ1) is 15.5.